The lowest BCUT2D eigenvalue weighted by Crippen LogP contribution is -2.61. The highest BCUT2D eigenvalue weighted by Gasteiger charge is 2.77. The summed E-state index contributed by atoms with van der Waals surface area (Å²) in [6.07, 6.45) is 0. The van der Waals surface area contributed by atoms with E-state index in [4.69, 9.17) is 17.0 Å². The average molecular weight is 581 g/mol. The number of nitrogens with one attached hydrogen (secondary N) is 1. The van der Waals surface area contributed by atoms with Crippen LogP contribution in [0.1, 0.15) is 17.0 Å². The summed E-state index contributed by atoms with van der Waals surface area (Å²) in [6.45, 7) is 0.504. The highest BCUT2D eigenvalue weighted by Crippen LogP contribution is 2.66. The van der Waals surface area contributed by atoms with Gasteiger partial charge in [0.1, 0.15) is 14.8 Å². The summed E-state index contributed by atoms with van der Waals surface area (Å²) in [6, 6.07) is 22.9. The van der Waals surface area contributed by atoms with Crippen LogP contribution in [0.3, 0.4) is 0 Å². The minimum Gasteiger partial charge on any atom is -0.497 e. The van der Waals surface area contributed by atoms with Crippen LogP contribution in [0.4, 0.5) is 11.4 Å². The number of hydrogen-bond acceptors (Lipinski definition) is 6. The minimum atomic E-state index is -1.23. The van der Waals surface area contributed by atoms with E-state index in [2.05, 4.69) is 21.2 Å². The van der Waals surface area contributed by atoms with E-state index in [1.807, 2.05) is 84.7 Å². The third-order valence-electron chi connectivity index (χ3n) is 7.51. The van der Waals surface area contributed by atoms with E-state index >= 15 is 0 Å². The van der Waals surface area contributed by atoms with Crippen molar-refractivity contribution in [2.24, 2.45) is 0 Å². The van der Waals surface area contributed by atoms with Gasteiger partial charge in [-0.25, -0.2) is 0 Å². The van der Waals surface area contributed by atoms with Crippen LogP contribution in [0, 0.1) is 0 Å². The fourth-order valence-electron chi connectivity index (χ4n) is 5.98. The number of likely N-dealkylation sites (N-methyl/N-ethyl adjacent to an activating group) is 1. The summed E-state index contributed by atoms with van der Waals surface area (Å²) in [5.41, 5.74) is 1.94. The first-order chi connectivity index (χ1) is 17.3. The predicted molar refractivity (Wildman–Crippen MR) is 150 cm³/mol. The van der Waals surface area contributed by atoms with E-state index in [1.54, 1.807) is 12.0 Å². The van der Waals surface area contributed by atoms with Gasteiger partial charge in [0.2, 0.25) is 0 Å². The Hall–Kier alpha value is -2.72. The summed E-state index contributed by atoms with van der Waals surface area (Å²) in [4.78, 5) is 32.4. The third-order valence-corrected chi connectivity index (χ3v) is 9.90. The maximum Gasteiger partial charge on any atom is 0.252 e. The number of rotatable bonds is 3. The first-order valence-electron chi connectivity index (χ1n) is 11.4. The lowest BCUT2D eigenvalue weighted by molar-refractivity contribution is -0.132. The molecule has 9 heteroatoms. The second kappa shape index (κ2) is 8.41. The number of thiocarbonyl (C=S) groups is 1. The Morgan fingerprint density at radius 1 is 1.06 bits per heavy atom. The number of benzene rings is 3. The number of thioether (sulfide) groups is 1. The van der Waals surface area contributed by atoms with Crippen molar-refractivity contribution in [2.45, 2.75) is 16.2 Å². The molecule has 2 saturated heterocycles. The molecule has 0 bridgehead atoms. The molecule has 2 amide bonds. The van der Waals surface area contributed by atoms with Gasteiger partial charge in [-0.15, -0.1) is 0 Å². The van der Waals surface area contributed by atoms with E-state index in [-0.39, 0.29) is 17.7 Å². The number of hydrogen-bond donors (Lipinski definition) is 1. The topological polar surface area (TPSA) is 61.9 Å². The molecule has 2 fully saturated rings. The van der Waals surface area contributed by atoms with Gasteiger partial charge in [0.15, 0.2) is 5.54 Å². The number of anilines is 2. The summed E-state index contributed by atoms with van der Waals surface area (Å²) < 4.78 is 5.50. The van der Waals surface area contributed by atoms with Crippen LogP contribution in [0.25, 0.3) is 0 Å². The monoisotopic (exact) mass is 579 g/mol. The predicted octanol–water partition coefficient (Wildman–Crippen LogP) is 5.14. The standard InChI is InChI=1S/C27H22BrN3O3S2/c1-30-15-21(16-7-13-19(34-2)14-8-16)27(26(30)20-5-3-4-6-22(20)29-23(26)32)24(33)31(25(35)36-27)18-11-9-17(28)10-12-18/h3-14,21H,15H2,1-2H3,(H,29,32). The van der Waals surface area contributed by atoms with E-state index in [1.165, 1.54) is 11.8 Å². The molecule has 36 heavy (non-hydrogen) atoms. The second-order valence-corrected chi connectivity index (χ2v) is 11.9. The molecule has 1 N–H and O–H groups in total. The summed E-state index contributed by atoms with van der Waals surface area (Å²) >= 11 is 10.7. The first kappa shape index (κ1) is 23.7. The van der Waals surface area contributed by atoms with Crippen molar-refractivity contribution in [3.8, 4) is 5.75 Å². The maximum atomic E-state index is 14.8. The van der Waals surface area contributed by atoms with Crippen molar-refractivity contribution >= 4 is 67.4 Å². The molecular formula is C27H22BrN3O3S2. The minimum absolute atomic E-state index is 0.183. The molecule has 3 aromatic carbocycles. The molecule has 182 valence electrons. The number of carbonyl (C=O) groups is 2. The van der Waals surface area contributed by atoms with Crippen LogP contribution in [-0.2, 0) is 15.1 Å². The van der Waals surface area contributed by atoms with Crippen LogP contribution < -0.4 is 15.0 Å². The van der Waals surface area contributed by atoms with Crippen molar-refractivity contribution in [1.82, 2.24) is 4.90 Å². The van der Waals surface area contributed by atoms with Gasteiger partial charge in [0.25, 0.3) is 11.8 Å². The van der Waals surface area contributed by atoms with Crippen LogP contribution in [0.5, 0.6) is 5.75 Å². The molecule has 2 spiro atoms. The van der Waals surface area contributed by atoms with Crippen molar-refractivity contribution in [3.05, 3.63) is 88.4 Å². The highest BCUT2D eigenvalue weighted by atomic mass is 79.9. The van der Waals surface area contributed by atoms with Gasteiger partial charge in [0, 0.05) is 28.2 Å². The Labute approximate surface area is 227 Å². The van der Waals surface area contributed by atoms with Crippen LogP contribution in [0.15, 0.2) is 77.3 Å². The van der Waals surface area contributed by atoms with Crippen LogP contribution in [0.2, 0.25) is 0 Å². The molecule has 3 heterocycles. The zero-order chi connectivity index (χ0) is 25.2. The number of fused-ring (bicyclic) bond motifs is 3. The number of halogens is 1. The van der Waals surface area contributed by atoms with Crippen LogP contribution >= 0.6 is 39.9 Å². The number of ether oxygens (including phenoxy) is 1. The molecule has 0 aromatic heterocycles. The van der Waals surface area contributed by atoms with Gasteiger partial charge in [-0.05, 0) is 55.1 Å². The number of likely N-dealkylation sites (tertiary alicyclic amines) is 1. The first-order valence-corrected chi connectivity index (χ1v) is 13.5. The number of carbonyl (C=O) groups excluding carboxylic acids is 2. The van der Waals surface area contributed by atoms with Gasteiger partial charge in [-0.2, -0.15) is 0 Å². The van der Waals surface area contributed by atoms with E-state index in [0.717, 1.165) is 27.0 Å². The lowest BCUT2D eigenvalue weighted by Gasteiger charge is -2.41. The van der Waals surface area contributed by atoms with Gasteiger partial charge in [-0.1, -0.05) is 70.2 Å². The van der Waals surface area contributed by atoms with Crippen LogP contribution in [-0.4, -0.2) is 46.5 Å². The molecule has 3 atom stereocenters. The Kier molecular flexibility index (Phi) is 5.53. The summed E-state index contributed by atoms with van der Waals surface area (Å²) in [5, 5.41) is 3.07. The third kappa shape index (κ3) is 2.97. The zero-order valence-electron chi connectivity index (χ0n) is 19.5. The molecule has 6 rings (SSSR count). The maximum absolute atomic E-state index is 14.8. The Bertz CT molecular complexity index is 1410. The van der Waals surface area contributed by atoms with Crippen molar-refractivity contribution < 1.29 is 14.3 Å². The van der Waals surface area contributed by atoms with Gasteiger partial charge < -0.3 is 10.1 Å². The molecule has 3 aliphatic heterocycles. The zero-order valence-corrected chi connectivity index (χ0v) is 22.7. The van der Waals surface area contributed by atoms with Crippen molar-refractivity contribution in [2.75, 3.05) is 30.9 Å². The molecule has 0 saturated carbocycles. The van der Waals surface area contributed by atoms with Gasteiger partial charge in [0.05, 0.1) is 12.8 Å². The largest absolute Gasteiger partial charge is 0.497 e. The van der Waals surface area contributed by atoms with E-state index < -0.39 is 10.3 Å². The van der Waals surface area contributed by atoms with Crippen molar-refractivity contribution in [3.63, 3.8) is 0 Å². The SMILES string of the molecule is COc1ccc(C2CN(C)C3(C(=O)Nc4ccccc43)C23SC(=S)N(c2ccc(Br)cc2)C3=O)cc1. The van der Waals surface area contributed by atoms with Gasteiger partial charge in [-0.3, -0.25) is 19.4 Å². The van der Waals surface area contributed by atoms with Gasteiger partial charge >= 0.3 is 0 Å². The molecule has 6 nitrogen and oxygen atoms in total. The number of amides is 2. The van der Waals surface area contributed by atoms with E-state index in [9.17, 15) is 9.59 Å². The molecular weight excluding hydrogens is 558 g/mol. The fourth-order valence-corrected chi connectivity index (χ4v) is 8.42. The number of nitrogens with zero attached hydrogens (tertiary/aromatic N) is 2. The Balaban J connectivity index is 1.60. The smallest absolute Gasteiger partial charge is 0.252 e. The number of para-hydroxylation sites is 1. The summed E-state index contributed by atoms with van der Waals surface area (Å²) in [7, 11) is 3.55. The van der Waals surface area contributed by atoms with E-state index in [0.29, 0.717) is 16.6 Å². The van der Waals surface area contributed by atoms with Crippen molar-refractivity contribution in [1.29, 1.82) is 0 Å². The molecule has 0 radical (unpaired) electrons. The Morgan fingerprint density at radius 2 is 1.75 bits per heavy atom. The molecule has 0 aliphatic carbocycles. The second-order valence-electron chi connectivity index (χ2n) is 9.14. The molecule has 3 aromatic rings. The number of methoxy groups -OCH3 is 1. The average Bonchev–Trinajstić information content (AvgIpc) is 3.43. The quantitative estimate of drug-likeness (QED) is 0.434. The Morgan fingerprint density at radius 3 is 2.44 bits per heavy atom. The lowest BCUT2D eigenvalue weighted by atomic mass is 9.72. The molecule has 3 aliphatic rings. The highest BCUT2D eigenvalue weighted by molar-refractivity contribution is 9.10. The normalized spacial score (nSPS) is 27.2. The molecule has 3 unspecified atom stereocenters. The fraction of sp³-hybridized carbons (Fsp3) is 0.222. The summed E-state index contributed by atoms with van der Waals surface area (Å²) in [5.74, 6) is 0.0387.